The van der Waals surface area contributed by atoms with E-state index in [1.54, 1.807) is 18.9 Å². The number of rotatable bonds is 6. The van der Waals surface area contributed by atoms with E-state index < -0.39 is 0 Å². The maximum atomic E-state index is 5.85. The van der Waals surface area contributed by atoms with Gasteiger partial charge in [0.2, 0.25) is 0 Å². The fraction of sp³-hybridized carbons (Fsp3) is 0.240. The van der Waals surface area contributed by atoms with Crippen LogP contribution in [0.1, 0.15) is 17.0 Å². The van der Waals surface area contributed by atoms with Crippen LogP contribution in [0.3, 0.4) is 0 Å². The van der Waals surface area contributed by atoms with Gasteiger partial charge in [-0.15, -0.1) is 11.8 Å². The lowest BCUT2D eigenvalue weighted by atomic mass is 10.0. The van der Waals surface area contributed by atoms with Crippen LogP contribution in [-0.4, -0.2) is 44.4 Å². The molecule has 0 unspecified atom stereocenters. The summed E-state index contributed by atoms with van der Waals surface area (Å²) in [5.41, 5.74) is 5.85. The summed E-state index contributed by atoms with van der Waals surface area (Å²) >= 11 is 1.79. The third kappa shape index (κ3) is 4.14. The van der Waals surface area contributed by atoms with Gasteiger partial charge in [-0.2, -0.15) is 5.10 Å². The number of hydrogen-bond acceptors (Lipinski definition) is 7. The minimum Gasteiger partial charge on any atom is -0.495 e. The number of allylic oxidation sites excluding steroid dienone is 2. The molecule has 5 rings (SSSR count). The van der Waals surface area contributed by atoms with Crippen molar-refractivity contribution in [1.82, 2.24) is 24.8 Å². The molecule has 1 aromatic carbocycles. The Morgan fingerprint density at radius 1 is 1.21 bits per heavy atom. The Morgan fingerprint density at radius 2 is 2.09 bits per heavy atom. The number of methoxy groups -OCH3 is 1. The van der Waals surface area contributed by atoms with Crippen molar-refractivity contribution in [3.05, 3.63) is 72.2 Å². The van der Waals surface area contributed by atoms with Crippen molar-refractivity contribution in [2.75, 3.05) is 19.5 Å². The number of fused-ring (bicyclic) bond motifs is 1. The number of thioether (sulfide) groups is 1. The molecule has 4 heterocycles. The van der Waals surface area contributed by atoms with Gasteiger partial charge < -0.3 is 14.2 Å². The predicted molar refractivity (Wildman–Crippen MR) is 131 cm³/mol. The van der Waals surface area contributed by atoms with Gasteiger partial charge in [0.25, 0.3) is 0 Å². The molecule has 0 atom stereocenters. The fourth-order valence-electron chi connectivity index (χ4n) is 4.10. The molecule has 1 aliphatic rings. The molecule has 0 N–H and O–H groups in total. The Morgan fingerprint density at radius 3 is 2.82 bits per heavy atom. The summed E-state index contributed by atoms with van der Waals surface area (Å²) in [5, 5.41) is 9.35. The van der Waals surface area contributed by atoms with E-state index >= 15 is 0 Å². The van der Waals surface area contributed by atoms with Gasteiger partial charge in [0.1, 0.15) is 11.5 Å². The Kier molecular flexibility index (Phi) is 5.68. The molecule has 33 heavy (non-hydrogen) atoms. The molecule has 0 amide bonds. The summed E-state index contributed by atoms with van der Waals surface area (Å²) in [7, 11) is 3.63. The minimum atomic E-state index is 0.756. The molecular formula is C25H25N5O2S. The van der Waals surface area contributed by atoms with Crippen LogP contribution in [0.25, 0.3) is 27.6 Å². The number of hydrogen-bond donors (Lipinski definition) is 0. The zero-order valence-electron chi connectivity index (χ0n) is 19.1. The maximum Gasteiger partial charge on any atom is 0.141 e. The molecule has 0 aliphatic carbocycles. The van der Waals surface area contributed by atoms with Gasteiger partial charge in [0, 0.05) is 59.2 Å². The molecule has 0 saturated heterocycles. The first-order chi connectivity index (χ1) is 16.0. The second-order valence-corrected chi connectivity index (χ2v) is 9.04. The van der Waals surface area contributed by atoms with Gasteiger partial charge in [-0.25, -0.2) is 0 Å². The zero-order valence-corrected chi connectivity index (χ0v) is 19.9. The van der Waals surface area contributed by atoms with E-state index in [0.29, 0.717) is 0 Å². The Hall–Kier alpha value is -3.52. The summed E-state index contributed by atoms with van der Waals surface area (Å²) in [6, 6.07) is 6.31. The normalized spacial score (nSPS) is 13.6. The van der Waals surface area contributed by atoms with Gasteiger partial charge in [-0.1, -0.05) is 17.3 Å². The van der Waals surface area contributed by atoms with Crippen molar-refractivity contribution in [3.8, 4) is 16.9 Å². The first kappa shape index (κ1) is 21.3. The second kappa shape index (κ2) is 8.78. The smallest absolute Gasteiger partial charge is 0.141 e. The zero-order chi connectivity index (χ0) is 22.9. The fourth-order valence-corrected chi connectivity index (χ4v) is 4.96. The molecule has 168 valence electrons. The summed E-state index contributed by atoms with van der Waals surface area (Å²) in [5.74, 6) is 2.38. The number of aromatic nitrogens is 4. The first-order valence-electron chi connectivity index (χ1n) is 10.7. The van der Waals surface area contributed by atoms with E-state index in [4.69, 9.17) is 9.26 Å². The van der Waals surface area contributed by atoms with Crippen LogP contribution in [0, 0.1) is 13.8 Å². The lowest BCUT2D eigenvalue weighted by Crippen LogP contribution is -2.19. The van der Waals surface area contributed by atoms with Gasteiger partial charge in [-0.05, 0) is 32.0 Å². The number of ether oxygens (including phenoxy) is 1. The quantitative estimate of drug-likeness (QED) is 0.367. The first-order valence-corrected chi connectivity index (χ1v) is 11.7. The number of aryl methyl sites for hydroxylation is 3. The van der Waals surface area contributed by atoms with Gasteiger partial charge in [0.15, 0.2) is 0 Å². The summed E-state index contributed by atoms with van der Waals surface area (Å²) in [6.45, 7) is 4.72. The van der Waals surface area contributed by atoms with Crippen LogP contribution in [0.2, 0.25) is 0 Å². The summed E-state index contributed by atoms with van der Waals surface area (Å²) in [4.78, 5) is 8.12. The highest BCUT2D eigenvalue weighted by Crippen LogP contribution is 2.39. The number of pyridine rings is 1. The highest BCUT2D eigenvalue weighted by atomic mass is 32.2. The average molecular weight is 460 g/mol. The standard InChI is InChI=1S/C25H25N5O2S/c1-16-24(17(2)32-28-16)22-12-26-23-8-7-20(10-21(23)25(22)31-4)33-15-30-9-5-6-18(14-30)19-11-27-29(3)13-19/h5-8,10-14H,9,15H2,1-4H3. The third-order valence-corrected chi connectivity index (χ3v) is 6.74. The third-order valence-electron chi connectivity index (χ3n) is 5.69. The lowest BCUT2D eigenvalue weighted by molar-refractivity contribution is 0.393. The van der Waals surface area contributed by atoms with Crippen molar-refractivity contribution in [2.45, 2.75) is 18.7 Å². The largest absolute Gasteiger partial charge is 0.495 e. The molecule has 0 bridgehead atoms. The van der Waals surface area contributed by atoms with E-state index in [1.807, 2.05) is 50.2 Å². The van der Waals surface area contributed by atoms with Gasteiger partial charge in [0.05, 0.1) is 36.0 Å². The molecule has 0 saturated carbocycles. The van der Waals surface area contributed by atoms with Crippen LogP contribution in [-0.2, 0) is 7.05 Å². The topological polar surface area (TPSA) is 69.2 Å². The minimum absolute atomic E-state index is 0.756. The van der Waals surface area contributed by atoms with Crippen molar-refractivity contribution < 1.29 is 9.26 Å². The van der Waals surface area contributed by atoms with Crippen LogP contribution >= 0.6 is 11.8 Å². The van der Waals surface area contributed by atoms with Crippen molar-refractivity contribution in [3.63, 3.8) is 0 Å². The lowest BCUT2D eigenvalue weighted by Gasteiger charge is -2.22. The SMILES string of the molecule is COc1c(-c2c(C)noc2C)cnc2ccc(SCN3C=C(c4cnn(C)c4)C=CC3)cc12. The average Bonchev–Trinajstić information content (AvgIpc) is 3.41. The Balaban J connectivity index is 1.41. The van der Waals surface area contributed by atoms with Gasteiger partial charge >= 0.3 is 0 Å². The Labute approximate surface area is 196 Å². The van der Waals surface area contributed by atoms with E-state index in [9.17, 15) is 0 Å². The highest BCUT2D eigenvalue weighted by molar-refractivity contribution is 7.99. The monoisotopic (exact) mass is 459 g/mol. The maximum absolute atomic E-state index is 5.85. The van der Waals surface area contributed by atoms with Crippen LogP contribution in [0.4, 0.5) is 0 Å². The van der Waals surface area contributed by atoms with E-state index in [1.165, 1.54) is 5.57 Å². The Bertz CT molecular complexity index is 1370. The number of nitrogens with zero attached hydrogens (tertiary/aromatic N) is 5. The molecule has 3 aromatic heterocycles. The molecule has 7 nitrogen and oxygen atoms in total. The van der Waals surface area contributed by atoms with Crippen LogP contribution < -0.4 is 4.74 Å². The van der Waals surface area contributed by atoms with Crippen molar-refractivity contribution in [2.24, 2.45) is 7.05 Å². The van der Waals surface area contributed by atoms with E-state index in [0.717, 1.165) is 62.1 Å². The highest BCUT2D eigenvalue weighted by Gasteiger charge is 2.19. The van der Waals surface area contributed by atoms with Crippen molar-refractivity contribution >= 4 is 28.2 Å². The summed E-state index contributed by atoms with van der Waals surface area (Å²) in [6.07, 6.45) is 12.3. The predicted octanol–water partition coefficient (Wildman–Crippen LogP) is 5.21. The van der Waals surface area contributed by atoms with Crippen LogP contribution in [0.15, 0.2) is 64.6 Å². The molecule has 8 heteroatoms. The molecular weight excluding hydrogens is 434 g/mol. The number of benzene rings is 1. The van der Waals surface area contributed by atoms with E-state index in [2.05, 4.69) is 50.6 Å². The summed E-state index contributed by atoms with van der Waals surface area (Å²) < 4.78 is 13.0. The molecule has 0 fully saturated rings. The van der Waals surface area contributed by atoms with E-state index in [-0.39, 0.29) is 0 Å². The second-order valence-electron chi connectivity index (χ2n) is 8.02. The molecule has 0 radical (unpaired) electrons. The van der Waals surface area contributed by atoms with Gasteiger partial charge in [-0.3, -0.25) is 9.67 Å². The van der Waals surface area contributed by atoms with Crippen molar-refractivity contribution in [1.29, 1.82) is 0 Å². The molecule has 4 aromatic rings. The van der Waals surface area contributed by atoms with Crippen LogP contribution in [0.5, 0.6) is 5.75 Å². The molecule has 0 spiro atoms. The molecule has 1 aliphatic heterocycles.